The first-order valence-corrected chi connectivity index (χ1v) is 15.9. The van der Waals surface area contributed by atoms with Crippen molar-refractivity contribution in [2.45, 2.75) is 103 Å². The number of esters is 2. The molecule has 2 aliphatic heterocycles. The Hall–Kier alpha value is -3.31. The lowest BCUT2D eigenvalue weighted by atomic mass is 9.85. The maximum Gasteiger partial charge on any atom is 0.330 e. The number of aliphatic hydroxyl groups excluding tert-OH is 2. The molecule has 0 spiro atoms. The molecular formula is C36H51NO9. The molecule has 2 aliphatic rings. The third-order valence-corrected chi connectivity index (χ3v) is 8.95. The van der Waals surface area contributed by atoms with Crippen LogP contribution in [0.2, 0.25) is 0 Å². The lowest BCUT2D eigenvalue weighted by molar-refractivity contribution is -0.150. The van der Waals surface area contributed by atoms with Crippen LogP contribution < -0.4 is 0 Å². The van der Waals surface area contributed by atoms with Gasteiger partial charge in [0.2, 0.25) is 0 Å². The zero-order valence-corrected chi connectivity index (χ0v) is 28.3. The number of nitrogens with zero attached hydrogens (tertiary/aromatic N) is 1. The van der Waals surface area contributed by atoms with Crippen molar-refractivity contribution in [3.8, 4) is 0 Å². The van der Waals surface area contributed by atoms with E-state index in [-0.39, 0.29) is 42.7 Å². The number of oxazole rings is 1. The number of aryl methyl sites for hydroxylation is 1. The Bertz CT molecular complexity index is 1320. The van der Waals surface area contributed by atoms with Crippen molar-refractivity contribution >= 4 is 18.0 Å². The van der Waals surface area contributed by atoms with E-state index < -0.39 is 36.0 Å². The summed E-state index contributed by atoms with van der Waals surface area (Å²) in [5.74, 6) is -1.11. The van der Waals surface area contributed by atoms with Crippen LogP contribution in [0.5, 0.6) is 0 Å². The molecule has 1 aromatic rings. The molecule has 9 atom stereocenters. The normalized spacial score (nSPS) is 31.3. The van der Waals surface area contributed by atoms with Crippen molar-refractivity contribution in [2.75, 3.05) is 14.2 Å². The third kappa shape index (κ3) is 10.6. The summed E-state index contributed by atoms with van der Waals surface area (Å²) in [4.78, 5) is 29.4. The number of allylic oxidation sites excluding steroid dienone is 5. The quantitative estimate of drug-likeness (QED) is 0.155. The summed E-state index contributed by atoms with van der Waals surface area (Å²) < 4.78 is 27.9. The van der Waals surface area contributed by atoms with Crippen LogP contribution in [0.1, 0.15) is 71.9 Å². The van der Waals surface area contributed by atoms with Crippen molar-refractivity contribution in [2.24, 2.45) is 17.8 Å². The van der Waals surface area contributed by atoms with Gasteiger partial charge in [0, 0.05) is 44.8 Å². The molecule has 0 amide bonds. The Kier molecular flexibility index (Phi) is 13.7. The maximum absolute atomic E-state index is 13.1. The summed E-state index contributed by atoms with van der Waals surface area (Å²) in [7, 11) is 2.94. The van der Waals surface area contributed by atoms with Gasteiger partial charge in [0.05, 0.1) is 25.4 Å². The number of hydrogen-bond donors (Lipinski definition) is 2. The van der Waals surface area contributed by atoms with Crippen molar-refractivity contribution in [3.63, 3.8) is 0 Å². The molecule has 46 heavy (non-hydrogen) atoms. The van der Waals surface area contributed by atoms with E-state index in [4.69, 9.17) is 23.4 Å². The highest BCUT2D eigenvalue weighted by Crippen LogP contribution is 2.43. The summed E-state index contributed by atoms with van der Waals surface area (Å²) >= 11 is 0. The first kappa shape index (κ1) is 37.2. The smallest absolute Gasteiger partial charge is 0.330 e. The molecule has 2 N–H and O–H groups in total. The predicted octanol–water partition coefficient (Wildman–Crippen LogP) is 5.44. The number of rotatable bonds is 9. The number of ether oxygens (including phenoxy) is 4. The number of methoxy groups -OCH3 is 2. The zero-order chi connectivity index (χ0) is 34.0. The van der Waals surface area contributed by atoms with E-state index in [1.54, 1.807) is 26.4 Å². The van der Waals surface area contributed by atoms with E-state index in [0.29, 0.717) is 18.7 Å². The molecule has 10 nitrogen and oxygen atoms in total. The molecule has 3 rings (SSSR count). The van der Waals surface area contributed by atoms with E-state index in [1.807, 2.05) is 71.1 Å². The number of aromatic nitrogens is 1. The van der Waals surface area contributed by atoms with Gasteiger partial charge < -0.3 is 33.6 Å². The zero-order valence-electron chi connectivity index (χ0n) is 28.3. The number of aliphatic hydroxyl groups is 2. The van der Waals surface area contributed by atoms with Crippen molar-refractivity contribution < 1.29 is 43.2 Å². The van der Waals surface area contributed by atoms with E-state index in [0.717, 1.165) is 16.8 Å². The highest BCUT2D eigenvalue weighted by atomic mass is 16.6. The van der Waals surface area contributed by atoms with Gasteiger partial charge in [-0.05, 0) is 56.8 Å². The molecule has 0 bridgehead atoms. The van der Waals surface area contributed by atoms with Crippen LogP contribution in [0.3, 0.4) is 0 Å². The van der Waals surface area contributed by atoms with Gasteiger partial charge in [-0.25, -0.2) is 9.78 Å². The van der Waals surface area contributed by atoms with E-state index in [2.05, 4.69) is 4.98 Å². The Morgan fingerprint density at radius 1 is 1.22 bits per heavy atom. The second kappa shape index (κ2) is 17.0. The molecule has 0 aromatic carbocycles. The fourth-order valence-corrected chi connectivity index (χ4v) is 5.83. The van der Waals surface area contributed by atoms with Crippen molar-refractivity contribution in [1.29, 1.82) is 0 Å². The highest BCUT2D eigenvalue weighted by molar-refractivity contribution is 5.82. The van der Waals surface area contributed by atoms with Crippen LogP contribution in [0.4, 0.5) is 0 Å². The largest absolute Gasteiger partial charge is 0.469 e. The van der Waals surface area contributed by atoms with E-state index in [9.17, 15) is 19.8 Å². The van der Waals surface area contributed by atoms with Crippen LogP contribution in [0.25, 0.3) is 6.08 Å². The first-order chi connectivity index (χ1) is 21.8. The maximum atomic E-state index is 13.1. The Morgan fingerprint density at radius 3 is 2.61 bits per heavy atom. The topological polar surface area (TPSA) is 141 Å². The molecule has 1 saturated heterocycles. The third-order valence-electron chi connectivity index (χ3n) is 8.95. The minimum absolute atomic E-state index is 0.115. The fourth-order valence-electron chi connectivity index (χ4n) is 5.83. The SMILES string of the molecule is COC(=O)C[C@@H]1CC=CC(=O)O[C@H]([C@H](C)[C@@H](OC)C(C)=CC=CC(C)=Cc2coc(C)n2)C[C@H](O)[C@@]2(C)O[C@@H]2C=C[C@@H](C)[C@H](O)C1. The minimum atomic E-state index is -0.932. The molecule has 10 heteroatoms. The lowest BCUT2D eigenvalue weighted by Gasteiger charge is -2.32. The Morgan fingerprint density at radius 2 is 1.96 bits per heavy atom. The van der Waals surface area contributed by atoms with Gasteiger partial charge >= 0.3 is 11.9 Å². The number of carbonyl (C=O) groups excluding carboxylic acids is 2. The molecule has 1 aromatic heterocycles. The summed E-state index contributed by atoms with van der Waals surface area (Å²) in [5.41, 5.74) is 1.78. The van der Waals surface area contributed by atoms with Crippen LogP contribution in [0, 0.1) is 24.7 Å². The van der Waals surface area contributed by atoms with E-state index in [1.165, 1.54) is 13.2 Å². The number of cyclic esters (lactones) is 1. The summed E-state index contributed by atoms with van der Waals surface area (Å²) in [5, 5.41) is 22.2. The molecule has 0 saturated carbocycles. The van der Waals surface area contributed by atoms with Gasteiger partial charge in [-0.1, -0.05) is 50.3 Å². The molecule has 0 radical (unpaired) electrons. The fraction of sp³-hybridized carbons (Fsp3) is 0.583. The van der Waals surface area contributed by atoms with Crippen molar-refractivity contribution in [1.82, 2.24) is 4.98 Å². The van der Waals surface area contributed by atoms with Crippen LogP contribution in [-0.4, -0.2) is 77.5 Å². The average Bonchev–Trinajstić information content (AvgIpc) is 3.51. The predicted molar refractivity (Wildman–Crippen MR) is 174 cm³/mol. The van der Waals surface area contributed by atoms with Gasteiger partial charge in [0.25, 0.3) is 0 Å². The number of epoxide rings is 1. The van der Waals surface area contributed by atoms with Gasteiger partial charge in [-0.15, -0.1) is 0 Å². The minimum Gasteiger partial charge on any atom is -0.469 e. The van der Waals surface area contributed by atoms with Gasteiger partial charge in [-0.3, -0.25) is 4.79 Å². The number of fused-ring (bicyclic) bond motifs is 1. The summed E-state index contributed by atoms with van der Waals surface area (Å²) in [6, 6.07) is 0. The summed E-state index contributed by atoms with van der Waals surface area (Å²) in [6.07, 6.45) is 14.0. The molecular weight excluding hydrogens is 590 g/mol. The highest BCUT2D eigenvalue weighted by Gasteiger charge is 2.57. The number of carbonyl (C=O) groups is 2. The Balaban J connectivity index is 1.82. The van der Waals surface area contributed by atoms with Gasteiger partial charge in [0.15, 0.2) is 5.89 Å². The van der Waals surface area contributed by atoms with E-state index >= 15 is 0 Å². The molecule has 254 valence electrons. The van der Waals surface area contributed by atoms with Crippen molar-refractivity contribution in [3.05, 3.63) is 71.5 Å². The van der Waals surface area contributed by atoms with Crippen LogP contribution in [0.15, 0.2) is 64.4 Å². The average molecular weight is 642 g/mol. The van der Waals surface area contributed by atoms with Crippen LogP contribution in [-0.2, 0) is 28.5 Å². The second-order valence-corrected chi connectivity index (χ2v) is 12.7. The Labute approximate surface area is 272 Å². The molecule has 0 unspecified atom stereocenters. The summed E-state index contributed by atoms with van der Waals surface area (Å²) in [6.45, 7) is 11.4. The molecule has 0 aliphatic carbocycles. The lowest BCUT2D eigenvalue weighted by Crippen LogP contribution is -2.41. The van der Waals surface area contributed by atoms with Gasteiger partial charge in [-0.2, -0.15) is 0 Å². The second-order valence-electron chi connectivity index (χ2n) is 12.7. The number of hydrogen-bond acceptors (Lipinski definition) is 10. The first-order valence-electron chi connectivity index (χ1n) is 15.9. The molecule has 1 fully saturated rings. The monoisotopic (exact) mass is 641 g/mol. The van der Waals surface area contributed by atoms with Gasteiger partial charge in [0.1, 0.15) is 29.8 Å². The standard InChI is InChI=1S/C36H51NO9/c1-22(17-28-21-44-26(5)37-28)11-9-12-24(3)35(43-8)25(4)30-20-31(39)36(6)32(46-36)16-15-23(2)29(38)18-27(19-34(41)42-7)13-10-14-33(40)45-30/h9-12,14-17,21,23,25,27,29-32,35,38-39H,13,18-20H2,1-8H3/t23-,25+,27-,29-,30+,31+,32-,35+,36-/m1/s1. The molecule has 3 heterocycles. The van der Waals surface area contributed by atoms with Crippen LogP contribution >= 0.6 is 0 Å².